The maximum atomic E-state index is 10.4. The lowest BCUT2D eigenvalue weighted by Crippen LogP contribution is -2.29. The predicted octanol–water partition coefficient (Wildman–Crippen LogP) is 0.496. The fourth-order valence-corrected chi connectivity index (χ4v) is 1.17. The monoisotopic (exact) mass is 150 g/mol. The van der Waals surface area contributed by atoms with Crippen LogP contribution in [-0.2, 0) is 10.0 Å². The summed E-state index contributed by atoms with van der Waals surface area (Å²) in [5.74, 6) is 0. The molecule has 0 heterocycles. The molecule has 9 heavy (non-hydrogen) atoms. The summed E-state index contributed by atoms with van der Waals surface area (Å²) in [6.07, 6.45) is 3.71. The zero-order valence-corrected chi connectivity index (χ0v) is 6.53. The molecule has 0 saturated heterocycles. The standard InChI is InChI=1S/C5H12NO2S/c1-4-5(2)6-9(3,7)8/h5-6H,3-4H2,1-2H3. The van der Waals surface area contributed by atoms with Crippen molar-refractivity contribution in [1.29, 1.82) is 0 Å². The molecule has 0 aromatic rings. The molecule has 0 aromatic carbocycles. The largest absolute Gasteiger partial charge is 0.212 e. The molecule has 0 amide bonds. The van der Waals surface area contributed by atoms with Crippen molar-refractivity contribution in [3.8, 4) is 0 Å². The van der Waals surface area contributed by atoms with Gasteiger partial charge in [-0.05, 0) is 13.3 Å². The van der Waals surface area contributed by atoms with Crippen molar-refractivity contribution in [3.05, 3.63) is 6.26 Å². The van der Waals surface area contributed by atoms with Crippen LogP contribution in [0, 0.1) is 6.26 Å². The highest BCUT2D eigenvalue weighted by molar-refractivity contribution is 7.90. The van der Waals surface area contributed by atoms with E-state index in [4.69, 9.17) is 0 Å². The Balaban J connectivity index is 3.75. The van der Waals surface area contributed by atoms with Crippen molar-refractivity contribution in [2.75, 3.05) is 0 Å². The lowest BCUT2D eigenvalue weighted by atomic mass is 10.3. The highest BCUT2D eigenvalue weighted by atomic mass is 32.2. The molecule has 55 valence electrons. The van der Waals surface area contributed by atoms with Gasteiger partial charge in [0.15, 0.2) is 0 Å². The molecule has 0 aliphatic rings. The Morgan fingerprint density at radius 1 is 1.67 bits per heavy atom. The highest BCUT2D eigenvalue weighted by Crippen LogP contribution is 1.90. The average molecular weight is 150 g/mol. The summed E-state index contributed by atoms with van der Waals surface area (Å²) in [6, 6.07) is -0.00694. The first-order valence-electron chi connectivity index (χ1n) is 2.81. The molecule has 4 heteroatoms. The number of hydrogen-bond donors (Lipinski definition) is 1. The Labute approximate surface area is 56.5 Å². The van der Waals surface area contributed by atoms with Crippen LogP contribution >= 0.6 is 0 Å². The van der Waals surface area contributed by atoms with Crippen LogP contribution in [0.3, 0.4) is 0 Å². The van der Waals surface area contributed by atoms with E-state index in [1.807, 2.05) is 6.92 Å². The normalized spacial score (nSPS) is 15.4. The van der Waals surface area contributed by atoms with Gasteiger partial charge in [0.2, 0.25) is 10.0 Å². The van der Waals surface area contributed by atoms with Gasteiger partial charge in [0.25, 0.3) is 0 Å². The number of hydrogen-bond acceptors (Lipinski definition) is 2. The maximum absolute atomic E-state index is 10.4. The molecule has 0 aromatic heterocycles. The Morgan fingerprint density at radius 3 is 2.22 bits per heavy atom. The van der Waals surface area contributed by atoms with Crippen molar-refractivity contribution >= 4 is 10.0 Å². The number of nitrogens with one attached hydrogen (secondary N) is 1. The summed E-state index contributed by atoms with van der Waals surface area (Å²) in [5.41, 5.74) is 0. The molecule has 0 spiro atoms. The first-order valence-corrected chi connectivity index (χ1v) is 4.46. The molecule has 1 atom stereocenters. The minimum Gasteiger partial charge on any atom is -0.212 e. The van der Waals surface area contributed by atoms with Gasteiger partial charge in [0.1, 0.15) is 0 Å². The first-order chi connectivity index (χ1) is 3.95. The molecule has 0 fully saturated rings. The second-order valence-electron chi connectivity index (χ2n) is 2.04. The van der Waals surface area contributed by atoms with E-state index in [0.29, 0.717) is 0 Å². The molecule has 0 saturated carbocycles. The van der Waals surface area contributed by atoms with E-state index in [9.17, 15) is 8.42 Å². The smallest absolute Gasteiger partial charge is 0.212 e. The van der Waals surface area contributed by atoms with Crippen LogP contribution in [0.2, 0.25) is 0 Å². The fourth-order valence-electron chi connectivity index (χ4n) is 0.390. The van der Waals surface area contributed by atoms with Gasteiger partial charge in [-0.25, -0.2) is 13.1 Å². The summed E-state index contributed by atoms with van der Waals surface area (Å²) in [6.45, 7) is 3.70. The van der Waals surface area contributed by atoms with Crippen LogP contribution in [0.1, 0.15) is 20.3 Å². The summed E-state index contributed by atoms with van der Waals surface area (Å²) in [5, 5.41) is 0. The van der Waals surface area contributed by atoms with E-state index >= 15 is 0 Å². The van der Waals surface area contributed by atoms with Crippen molar-refractivity contribution in [2.45, 2.75) is 26.3 Å². The molecule has 3 nitrogen and oxygen atoms in total. The quantitative estimate of drug-likeness (QED) is 0.636. The lowest BCUT2D eigenvalue weighted by molar-refractivity contribution is 0.564. The minimum atomic E-state index is -3.24. The zero-order valence-electron chi connectivity index (χ0n) is 5.72. The Hall–Kier alpha value is -0.0900. The first kappa shape index (κ1) is 8.91. The summed E-state index contributed by atoms with van der Waals surface area (Å²) in [7, 11) is -3.24. The van der Waals surface area contributed by atoms with Crippen molar-refractivity contribution in [3.63, 3.8) is 0 Å². The molecule has 0 aliphatic carbocycles. The number of rotatable bonds is 3. The van der Waals surface area contributed by atoms with Crippen molar-refractivity contribution in [1.82, 2.24) is 4.72 Å². The van der Waals surface area contributed by atoms with E-state index < -0.39 is 10.0 Å². The third kappa shape index (κ3) is 5.79. The third-order valence-corrected chi connectivity index (χ3v) is 1.75. The Bertz CT molecular complexity index is 162. The van der Waals surface area contributed by atoms with E-state index in [2.05, 4.69) is 11.0 Å². The molecule has 1 radical (unpaired) electrons. The maximum Gasteiger partial charge on any atom is 0.212 e. The van der Waals surface area contributed by atoms with Gasteiger partial charge in [-0.15, -0.1) is 0 Å². The summed E-state index contributed by atoms with van der Waals surface area (Å²) >= 11 is 0. The number of sulfonamides is 1. The van der Waals surface area contributed by atoms with Crippen molar-refractivity contribution in [2.24, 2.45) is 0 Å². The van der Waals surface area contributed by atoms with E-state index in [1.54, 1.807) is 6.92 Å². The Morgan fingerprint density at radius 2 is 2.11 bits per heavy atom. The van der Waals surface area contributed by atoms with Gasteiger partial charge in [0, 0.05) is 6.04 Å². The van der Waals surface area contributed by atoms with Gasteiger partial charge in [0.05, 0.1) is 6.26 Å². The molecular formula is C5H12NO2S. The second kappa shape index (κ2) is 3.17. The van der Waals surface area contributed by atoms with Gasteiger partial charge < -0.3 is 0 Å². The van der Waals surface area contributed by atoms with Gasteiger partial charge >= 0.3 is 0 Å². The topological polar surface area (TPSA) is 46.2 Å². The van der Waals surface area contributed by atoms with Crippen LogP contribution in [0.25, 0.3) is 0 Å². The minimum absolute atomic E-state index is 0.00694. The lowest BCUT2D eigenvalue weighted by Gasteiger charge is -2.07. The Kier molecular flexibility index (Phi) is 3.14. The van der Waals surface area contributed by atoms with E-state index in [1.165, 1.54) is 0 Å². The SMILES string of the molecule is [CH2]S(=O)(=O)NC(C)CC. The van der Waals surface area contributed by atoms with E-state index in [0.717, 1.165) is 6.42 Å². The van der Waals surface area contributed by atoms with E-state index in [-0.39, 0.29) is 6.04 Å². The van der Waals surface area contributed by atoms with Crippen LogP contribution in [0.5, 0.6) is 0 Å². The van der Waals surface area contributed by atoms with Crippen LogP contribution < -0.4 is 4.72 Å². The van der Waals surface area contributed by atoms with Gasteiger partial charge in [-0.2, -0.15) is 0 Å². The summed E-state index contributed by atoms with van der Waals surface area (Å²) < 4.78 is 23.1. The van der Waals surface area contributed by atoms with Crippen LogP contribution in [0.4, 0.5) is 0 Å². The molecular weight excluding hydrogens is 138 g/mol. The molecule has 0 bridgehead atoms. The van der Waals surface area contributed by atoms with Gasteiger partial charge in [-0.1, -0.05) is 6.92 Å². The zero-order chi connectivity index (χ0) is 7.49. The summed E-state index contributed by atoms with van der Waals surface area (Å²) in [4.78, 5) is 0. The van der Waals surface area contributed by atoms with Gasteiger partial charge in [-0.3, -0.25) is 0 Å². The van der Waals surface area contributed by atoms with Crippen LogP contribution in [-0.4, -0.2) is 14.5 Å². The predicted molar refractivity (Wildman–Crippen MR) is 37.2 cm³/mol. The highest BCUT2D eigenvalue weighted by Gasteiger charge is 2.04. The molecule has 0 rings (SSSR count). The van der Waals surface area contributed by atoms with Crippen molar-refractivity contribution < 1.29 is 8.42 Å². The molecule has 1 unspecified atom stereocenters. The van der Waals surface area contributed by atoms with Crippen LogP contribution in [0.15, 0.2) is 0 Å². The second-order valence-corrected chi connectivity index (χ2v) is 3.51. The third-order valence-electron chi connectivity index (χ3n) is 0.993. The molecule has 1 N–H and O–H groups in total. The molecule has 0 aliphatic heterocycles. The fraction of sp³-hybridized carbons (Fsp3) is 0.800. The average Bonchev–Trinajstić information content (AvgIpc) is 1.62.